The van der Waals surface area contributed by atoms with Crippen molar-refractivity contribution in [3.8, 4) is 0 Å². The van der Waals surface area contributed by atoms with Crippen molar-refractivity contribution in [3.63, 3.8) is 0 Å². The van der Waals surface area contributed by atoms with Gasteiger partial charge >= 0.3 is 0 Å². The fraction of sp³-hybridized carbons (Fsp3) is 0.778. The van der Waals surface area contributed by atoms with Gasteiger partial charge in [-0.3, -0.25) is 0 Å². The third kappa shape index (κ3) is 6.81. The second-order valence-electron chi connectivity index (χ2n) is 2.60. The summed E-state index contributed by atoms with van der Waals surface area (Å²) < 4.78 is 7.35. The molecule has 0 rings (SSSR count). The van der Waals surface area contributed by atoms with E-state index in [0.717, 1.165) is 6.42 Å². The van der Waals surface area contributed by atoms with Crippen molar-refractivity contribution in [2.75, 3.05) is 7.11 Å². The zero-order chi connectivity index (χ0) is 8.53. The van der Waals surface area contributed by atoms with Gasteiger partial charge in [0.15, 0.2) is 0 Å². The first-order valence-corrected chi connectivity index (χ1v) is 5.37. The van der Waals surface area contributed by atoms with Crippen LogP contribution in [0.5, 0.6) is 0 Å². The number of halogens is 1. The summed E-state index contributed by atoms with van der Waals surface area (Å²) in [4.78, 5) is 0. The van der Waals surface area contributed by atoms with E-state index in [4.69, 9.17) is 4.74 Å². The van der Waals surface area contributed by atoms with E-state index in [-0.39, 0.29) is 0 Å². The number of hydrogen-bond donors (Lipinski definition) is 0. The van der Waals surface area contributed by atoms with Crippen molar-refractivity contribution in [1.82, 2.24) is 0 Å². The van der Waals surface area contributed by atoms with Crippen LogP contribution in [0.1, 0.15) is 32.6 Å². The summed E-state index contributed by atoms with van der Waals surface area (Å²) in [6.07, 6.45) is 7.36. The summed E-state index contributed by atoms with van der Waals surface area (Å²) in [6.45, 7) is 2.21. The molecule has 11 heavy (non-hydrogen) atoms. The summed E-state index contributed by atoms with van der Waals surface area (Å²) in [7, 11) is 1.79. The highest BCUT2D eigenvalue weighted by Gasteiger charge is 2.02. The minimum Gasteiger partial charge on any atom is -0.381 e. The van der Waals surface area contributed by atoms with Gasteiger partial charge < -0.3 is 4.74 Å². The fourth-order valence-corrected chi connectivity index (χ4v) is 1.26. The van der Waals surface area contributed by atoms with Crippen molar-refractivity contribution in [3.05, 3.63) is 10.2 Å². The molecule has 0 heterocycles. The predicted molar refractivity (Wildman–Crippen MR) is 58.1 cm³/mol. The Balaban J connectivity index is 3.40. The van der Waals surface area contributed by atoms with Crippen molar-refractivity contribution < 1.29 is 4.74 Å². The van der Waals surface area contributed by atoms with Crippen LogP contribution < -0.4 is 0 Å². The van der Waals surface area contributed by atoms with Crippen molar-refractivity contribution in [2.24, 2.45) is 0 Å². The highest BCUT2D eigenvalue weighted by atomic mass is 127. The van der Waals surface area contributed by atoms with Gasteiger partial charge in [-0.15, -0.1) is 0 Å². The molecule has 0 aliphatic heterocycles. The lowest BCUT2D eigenvalue weighted by Gasteiger charge is -2.11. The zero-order valence-electron chi connectivity index (χ0n) is 7.35. The molecule has 0 saturated carbocycles. The Morgan fingerprint density at radius 3 is 2.73 bits per heavy atom. The molecule has 0 saturated heterocycles. The van der Waals surface area contributed by atoms with Crippen molar-refractivity contribution in [1.29, 1.82) is 0 Å². The smallest absolute Gasteiger partial charge is 0.0606 e. The SMILES string of the molecule is CCCCC(C/C=C/I)OC. The van der Waals surface area contributed by atoms with Crippen LogP contribution in [0.4, 0.5) is 0 Å². The lowest BCUT2D eigenvalue weighted by molar-refractivity contribution is 0.0958. The Hall–Kier alpha value is 0.430. The second kappa shape index (κ2) is 8.53. The molecule has 2 heteroatoms. The largest absolute Gasteiger partial charge is 0.381 e. The van der Waals surface area contributed by atoms with Crippen LogP contribution in [0.3, 0.4) is 0 Å². The molecule has 1 unspecified atom stereocenters. The first kappa shape index (κ1) is 11.4. The molecule has 0 spiro atoms. The van der Waals surface area contributed by atoms with E-state index in [0.29, 0.717) is 6.10 Å². The van der Waals surface area contributed by atoms with E-state index in [1.165, 1.54) is 19.3 Å². The molecule has 66 valence electrons. The van der Waals surface area contributed by atoms with E-state index in [2.05, 4.69) is 39.7 Å². The molecule has 0 radical (unpaired) electrons. The lowest BCUT2D eigenvalue weighted by atomic mass is 10.1. The number of ether oxygens (including phenoxy) is 1. The number of hydrogen-bond acceptors (Lipinski definition) is 1. The first-order chi connectivity index (χ1) is 5.35. The standard InChI is InChI=1S/C9H17IO/c1-3-4-6-9(11-2)7-5-8-10/h5,8-9H,3-4,6-7H2,1-2H3/b8-5+. The summed E-state index contributed by atoms with van der Waals surface area (Å²) in [5.74, 6) is 0. The second-order valence-corrected chi connectivity index (χ2v) is 3.32. The van der Waals surface area contributed by atoms with Gasteiger partial charge in [-0.1, -0.05) is 48.4 Å². The summed E-state index contributed by atoms with van der Waals surface area (Å²) in [5.41, 5.74) is 0. The van der Waals surface area contributed by atoms with E-state index < -0.39 is 0 Å². The summed E-state index contributed by atoms with van der Waals surface area (Å²) in [5, 5.41) is 0. The normalized spacial score (nSPS) is 14.1. The van der Waals surface area contributed by atoms with E-state index in [1.807, 2.05) is 0 Å². The Kier molecular flexibility index (Phi) is 8.86. The zero-order valence-corrected chi connectivity index (χ0v) is 9.50. The highest BCUT2D eigenvalue weighted by Crippen LogP contribution is 2.08. The van der Waals surface area contributed by atoms with Crippen LogP contribution in [0, 0.1) is 0 Å². The van der Waals surface area contributed by atoms with Crippen LogP contribution in [0.15, 0.2) is 10.2 Å². The first-order valence-electron chi connectivity index (χ1n) is 4.13. The average Bonchev–Trinajstić information content (AvgIpc) is 2.05. The van der Waals surface area contributed by atoms with Gasteiger partial charge in [0.25, 0.3) is 0 Å². The number of unbranched alkanes of at least 4 members (excludes halogenated alkanes) is 1. The molecule has 1 atom stereocenters. The maximum Gasteiger partial charge on any atom is 0.0606 e. The maximum absolute atomic E-state index is 5.30. The van der Waals surface area contributed by atoms with Crippen LogP contribution in [-0.2, 0) is 4.74 Å². The summed E-state index contributed by atoms with van der Waals surface area (Å²) in [6, 6.07) is 0. The maximum atomic E-state index is 5.30. The van der Waals surface area contributed by atoms with Gasteiger partial charge in [0.05, 0.1) is 6.10 Å². The molecule has 1 nitrogen and oxygen atoms in total. The Labute approximate surface area is 83.3 Å². The molecule has 0 amide bonds. The van der Waals surface area contributed by atoms with Gasteiger partial charge in [0.2, 0.25) is 0 Å². The average molecular weight is 268 g/mol. The molecule has 0 aromatic carbocycles. The minimum absolute atomic E-state index is 0.431. The molecule has 0 N–H and O–H groups in total. The summed E-state index contributed by atoms with van der Waals surface area (Å²) >= 11 is 2.24. The van der Waals surface area contributed by atoms with Crippen LogP contribution in [-0.4, -0.2) is 13.2 Å². The molecule has 0 aromatic rings. The fourth-order valence-electron chi connectivity index (χ4n) is 0.967. The Morgan fingerprint density at radius 2 is 2.27 bits per heavy atom. The van der Waals surface area contributed by atoms with E-state index >= 15 is 0 Å². The molecule has 0 fully saturated rings. The van der Waals surface area contributed by atoms with Crippen LogP contribution in [0.2, 0.25) is 0 Å². The molecule has 0 bridgehead atoms. The number of methoxy groups -OCH3 is 1. The highest BCUT2D eigenvalue weighted by molar-refractivity contribution is 14.1. The molecular weight excluding hydrogens is 251 g/mol. The molecule has 0 aliphatic rings. The molecular formula is C9H17IO. The van der Waals surface area contributed by atoms with E-state index in [1.54, 1.807) is 7.11 Å². The molecule has 0 aliphatic carbocycles. The predicted octanol–water partition coefficient (Wildman–Crippen LogP) is 3.53. The third-order valence-electron chi connectivity index (χ3n) is 1.70. The third-order valence-corrected chi connectivity index (χ3v) is 2.21. The lowest BCUT2D eigenvalue weighted by Crippen LogP contribution is -2.08. The Bertz CT molecular complexity index is 102. The monoisotopic (exact) mass is 268 g/mol. The van der Waals surface area contributed by atoms with Gasteiger partial charge in [-0.05, 0) is 16.9 Å². The topological polar surface area (TPSA) is 9.23 Å². The quantitative estimate of drug-likeness (QED) is 0.669. The minimum atomic E-state index is 0.431. The van der Waals surface area contributed by atoms with Crippen LogP contribution >= 0.6 is 22.6 Å². The van der Waals surface area contributed by atoms with Crippen LogP contribution in [0.25, 0.3) is 0 Å². The van der Waals surface area contributed by atoms with E-state index in [9.17, 15) is 0 Å². The van der Waals surface area contributed by atoms with Crippen molar-refractivity contribution in [2.45, 2.75) is 38.7 Å². The van der Waals surface area contributed by atoms with Gasteiger partial charge in [-0.25, -0.2) is 0 Å². The number of rotatable bonds is 6. The van der Waals surface area contributed by atoms with Gasteiger partial charge in [0.1, 0.15) is 0 Å². The van der Waals surface area contributed by atoms with Gasteiger partial charge in [0, 0.05) is 7.11 Å². The molecule has 0 aromatic heterocycles. The van der Waals surface area contributed by atoms with Crippen molar-refractivity contribution >= 4 is 22.6 Å². The Morgan fingerprint density at radius 1 is 1.55 bits per heavy atom. The van der Waals surface area contributed by atoms with Gasteiger partial charge in [-0.2, -0.15) is 0 Å².